The van der Waals surface area contributed by atoms with E-state index in [1.165, 1.54) is 11.3 Å². The average molecular weight is 230 g/mol. The standard InChI is InChI=1S/C9H12ClN3S/c1-4-6(2)13(3)9-12-8(10)7(5-11)14-9/h6H,4H2,1-3H3. The van der Waals surface area contributed by atoms with E-state index in [2.05, 4.69) is 18.8 Å². The summed E-state index contributed by atoms with van der Waals surface area (Å²) in [4.78, 5) is 6.66. The molecule has 1 unspecified atom stereocenters. The van der Waals surface area contributed by atoms with E-state index in [1.807, 2.05) is 18.0 Å². The van der Waals surface area contributed by atoms with Gasteiger partial charge in [-0.1, -0.05) is 29.9 Å². The zero-order valence-electron chi connectivity index (χ0n) is 8.41. The maximum absolute atomic E-state index is 8.73. The first-order chi connectivity index (χ1) is 6.60. The molecule has 1 rings (SSSR count). The zero-order chi connectivity index (χ0) is 10.7. The quantitative estimate of drug-likeness (QED) is 0.800. The van der Waals surface area contributed by atoms with Gasteiger partial charge in [-0.05, 0) is 13.3 Å². The van der Waals surface area contributed by atoms with E-state index in [-0.39, 0.29) is 0 Å². The number of hydrogen-bond donors (Lipinski definition) is 0. The third-order valence-electron chi connectivity index (χ3n) is 2.23. The van der Waals surface area contributed by atoms with Crippen LogP contribution in [-0.4, -0.2) is 18.1 Å². The van der Waals surface area contributed by atoms with Gasteiger partial charge in [0.05, 0.1) is 0 Å². The molecule has 0 aliphatic rings. The van der Waals surface area contributed by atoms with Gasteiger partial charge >= 0.3 is 0 Å². The Hall–Kier alpha value is -0.790. The molecule has 0 saturated heterocycles. The lowest BCUT2D eigenvalue weighted by Gasteiger charge is -2.22. The molecule has 0 amide bonds. The summed E-state index contributed by atoms with van der Waals surface area (Å²) in [5.41, 5.74) is 0. The number of hydrogen-bond acceptors (Lipinski definition) is 4. The largest absolute Gasteiger partial charge is 0.348 e. The van der Waals surface area contributed by atoms with E-state index in [1.54, 1.807) is 0 Å². The third-order valence-corrected chi connectivity index (χ3v) is 3.67. The van der Waals surface area contributed by atoms with Crippen LogP contribution in [0.15, 0.2) is 0 Å². The molecule has 3 nitrogen and oxygen atoms in total. The average Bonchev–Trinajstić information content (AvgIpc) is 2.57. The summed E-state index contributed by atoms with van der Waals surface area (Å²) in [5.74, 6) is 0. The number of halogens is 1. The Kier molecular flexibility index (Phi) is 3.73. The molecule has 0 aliphatic carbocycles. The third kappa shape index (κ3) is 2.17. The molecule has 1 atom stereocenters. The van der Waals surface area contributed by atoms with E-state index in [0.717, 1.165) is 11.6 Å². The van der Waals surface area contributed by atoms with Gasteiger partial charge in [0.2, 0.25) is 0 Å². The molecule has 14 heavy (non-hydrogen) atoms. The van der Waals surface area contributed by atoms with Gasteiger partial charge in [0.25, 0.3) is 0 Å². The van der Waals surface area contributed by atoms with Gasteiger partial charge in [0, 0.05) is 13.1 Å². The summed E-state index contributed by atoms with van der Waals surface area (Å²) in [6.07, 6.45) is 1.04. The van der Waals surface area contributed by atoms with Gasteiger partial charge < -0.3 is 4.90 Å². The highest BCUT2D eigenvalue weighted by Gasteiger charge is 2.15. The van der Waals surface area contributed by atoms with Crippen molar-refractivity contribution in [2.75, 3.05) is 11.9 Å². The fourth-order valence-electron chi connectivity index (χ4n) is 0.973. The van der Waals surface area contributed by atoms with E-state index in [0.29, 0.717) is 16.1 Å². The fourth-order valence-corrected chi connectivity index (χ4v) is 2.08. The second-order valence-electron chi connectivity index (χ2n) is 3.10. The lowest BCUT2D eigenvalue weighted by molar-refractivity contribution is 0.662. The van der Waals surface area contributed by atoms with Crippen molar-refractivity contribution in [3.8, 4) is 6.07 Å². The first-order valence-corrected chi connectivity index (χ1v) is 5.58. The van der Waals surface area contributed by atoms with Gasteiger partial charge in [-0.25, -0.2) is 4.98 Å². The molecule has 0 N–H and O–H groups in total. The second kappa shape index (κ2) is 4.63. The molecule has 5 heteroatoms. The summed E-state index contributed by atoms with van der Waals surface area (Å²) in [5, 5.41) is 9.84. The Morgan fingerprint density at radius 3 is 2.79 bits per heavy atom. The van der Waals surface area contributed by atoms with Crippen molar-refractivity contribution in [1.82, 2.24) is 4.98 Å². The van der Waals surface area contributed by atoms with Crippen LogP contribution < -0.4 is 4.90 Å². The Balaban J connectivity index is 2.92. The molecule has 0 aliphatic heterocycles. The lowest BCUT2D eigenvalue weighted by Crippen LogP contribution is -2.27. The molecule has 0 saturated carbocycles. The molecule has 1 aromatic heterocycles. The predicted octanol–water partition coefficient (Wildman–Crippen LogP) is 2.90. The van der Waals surface area contributed by atoms with Crippen molar-refractivity contribution in [2.24, 2.45) is 0 Å². The topological polar surface area (TPSA) is 39.9 Å². The maximum Gasteiger partial charge on any atom is 0.188 e. The predicted molar refractivity (Wildman–Crippen MR) is 60.0 cm³/mol. The Morgan fingerprint density at radius 1 is 1.71 bits per heavy atom. The highest BCUT2D eigenvalue weighted by Crippen LogP contribution is 2.29. The first-order valence-electron chi connectivity index (χ1n) is 4.39. The highest BCUT2D eigenvalue weighted by atomic mass is 35.5. The number of nitriles is 1. The molecule has 1 aromatic rings. The summed E-state index contributed by atoms with van der Waals surface area (Å²) in [6.45, 7) is 4.23. The number of aromatic nitrogens is 1. The Morgan fingerprint density at radius 2 is 2.36 bits per heavy atom. The van der Waals surface area contributed by atoms with Crippen LogP contribution in [0, 0.1) is 11.3 Å². The van der Waals surface area contributed by atoms with Crippen LogP contribution >= 0.6 is 22.9 Å². The van der Waals surface area contributed by atoms with Crippen LogP contribution in [-0.2, 0) is 0 Å². The fraction of sp³-hybridized carbons (Fsp3) is 0.556. The minimum absolute atomic E-state index is 0.308. The second-order valence-corrected chi connectivity index (χ2v) is 4.43. The maximum atomic E-state index is 8.73. The summed E-state index contributed by atoms with van der Waals surface area (Å²) < 4.78 is 0. The smallest absolute Gasteiger partial charge is 0.188 e. The number of rotatable bonds is 3. The lowest BCUT2D eigenvalue weighted by atomic mass is 10.2. The molecule has 1 heterocycles. The summed E-state index contributed by atoms with van der Waals surface area (Å²) in [7, 11) is 1.96. The highest BCUT2D eigenvalue weighted by molar-refractivity contribution is 7.16. The number of thiazole rings is 1. The van der Waals surface area contributed by atoms with Crippen LogP contribution in [0.5, 0.6) is 0 Å². The molecule has 0 radical (unpaired) electrons. The van der Waals surface area contributed by atoms with Crippen molar-refractivity contribution >= 4 is 28.1 Å². The van der Waals surface area contributed by atoms with Gasteiger partial charge in [-0.15, -0.1) is 0 Å². The SMILES string of the molecule is CCC(C)N(C)c1nc(Cl)c(C#N)s1. The minimum Gasteiger partial charge on any atom is -0.348 e. The molecule has 0 bridgehead atoms. The van der Waals surface area contributed by atoms with Crippen LogP contribution in [0.3, 0.4) is 0 Å². The van der Waals surface area contributed by atoms with Gasteiger partial charge in [0.15, 0.2) is 10.3 Å². The monoisotopic (exact) mass is 229 g/mol. The molecule has 76 valence electrons. The molecule has 0 spiro atoms. The molecule has 0 fully saturated rings. The Labute approximate surface area is 92.9 Å². The van der Waals surface area contributed by atoms with Crippen LogP contribution in [0.25, 0.3) is 0 Å². The summed E-state index contributed by atoms with van der Waals surface area (Å²) >= 11 is 7.12. The van der Waals surface area contributed by atoms with E-state index in [9.17, 15) is 0 Å². The van der Waals surface area contributed by atoms with Crippen molar-refractivity contribution in [3.63, 3.8) is 0 Å². The number of nitrogens with zero attached hydrogens (tertiary/aromatic N) is 3. The number of anilines is 1. The van der Waals surface area contributed by atoms with Crippen molar-refractivity contribution < 1.29 is 0 Å². The van der Waals surface area contributed by atoms with Crippen LogP contribution in [0.1, 0.15) is 25.1 Å². The summed E-state index contributed by atoms with van der Waals surface area (Å²) in [6, 6.07) is 2.43. The van der Waals surface area contributed by atoms with Gasteiger partial charge in [0.1, 0.15) is 10.9 Å². The molecular formula is C9H12ClN3S. The molecule has 0 aromatic carbocycles. The van der Waals surface area contributed by atoms with E-state index < -0.39 is 0 Å². The molecular weight excluding hydrogens is 218 g/mol. The van der Waals surface area contributed by atoms with Crippen molar-refractivity contribution in [1.29, 1.82) is 5.26 Å². The minimum atomic E-state index is 0.308. The van der Waals surface area contributed by atoms with Crippen LogP contribution in [0.2, 0.25) is 5.15 Å². The van der Waals surface area contributed by atoms with E-state index >= 15 is 0 Å². The Bertz CT molecular complexity index is 355. The zero-order valence-corrected chi connectivity index (χ0v) is 9.98. The first kappa shape index (κ1) is 11.3. The van der Waals surface area contributed by atoms with Crippen molar-refractivity contribution in [2.45, 2.75) is 26.3 Å². The van der Waals surface area contributed by atoms with Crippen molar-refractivity contribution in [3.05, 3.63) is 10.0 Å². The van der Waals surface area contributed by atoms with Crippen LogP contribution in [0.4, 0.5) is 5.13 Å². The normalized spacial score (nSPS) is 12.2. The van der Waals surface area contributed by atoms with Gasteiger partial charge in [-0.3, -0.25) is 0 Å². The van der Waals surface area contributed by atoms with E-state index in [4.69, 9.17) is 16.9 Å². The van der Waals surface area contributed by atoms with Gasteiger partial charge in [-0.2, -0.15) is 5.26 Å².